The molecule has 0 saturated carbocycles. The highest BCUT2D eigenvalue weighted by molar-refractivity contribution is 7.89. The van der Waals surface area contributed by atoms with Gasteiger partial charge in [-0.25, -0.2) is 13.1 Å². The topological polar surface area (TPSA) is 101 Å². The zero-order chi connectivity index (χ0) is 23.8. The Morgan fingerprint density at radius 3 is 2.30 bits per heavy atom. The summed E-state index contributed by atoms with van der Waals surface area (Å²) in [5.74, 6) is 0.785. The molecule has 33 heavy (non-hydrogen) atoms. The summed E-state index contributed by atoms with van der Waals surface area (Å²) >= 11 is 0. The highest BCUT2D eigenvalue weighted by atomic mass is 32.2. The SMILES string of the molecule is CCN(CC)S(=O)(=O)c1ccc(C(=O)Nc2c3c(nn2-c2ccc(C)cc2)C[S@](=O)C3)cc1. The third kappa shape index (κ3) is 4.50. The predicted octanol–water partition coefficient (Wildman–Crippen LogP) is 3.23. The van der Waals surface area contributed by atoms with Crippen molar-refractivity contribution in [3.63, 3.8) is 0 Å². The summed E-state index contributed by atoms with van der Waals surface area (Å²) in [6, 6.07) is 13.6. The Kier molecular flexibility index (Phi) is 6.51. The molecule has 0 saturated heterocycles. The molecule has 2 heterocycles. The molecule has 0 radical (unpaired) electrons. The Balaban J connectivity index is 1.64. The van der Waals surface area contributed by atoms with Crippen LogP contribution in [0.2, 0.25) is 0 Å². The van der Waals surface area contributed by atoms with Gasteiger partial charge in [0.2, 0.25) is 10.0 Å². The lowest BCUT2D eigenvalue weighted by Gasteiger charge is -2.18. The molecule has 174 valence electrons. The molecule has 0 fully saturated rings. The van der Waals surface area contributed by atoms with Crippen molar-refractivity contribution in [1.82, 2.24) is 14.1 Å². The zero-order valence-corrected chi connectivity index (χ0v) is 20.4. The van der Waals surface area contributed by atoms with Crippen molar-refractivity contribution in [2.75, 3.05) is 18.4 Å². The maximum atomic E-state index is 13.1. The van der Waals surface area contributed by atoms with E-state index in [2.05, 4.69) is 10.4 Å². The van der Waals surface area contributed by atoms with Crippen LogP contribution in [-0.4, -0.2) is 45.7 Å². The summed E-state index contributed by atoms with van der Waals surface area (Å²) in [5.41, 5.74) is 3.69. The molecule has 2 aromatic carbocycles. The van der Waals surface area contributed by atoms with Crippen molar-refractivity contribution >= 4 is 32.5 Å². The quantitative estimate of drug-likeness (QED) is 0.553. The van der Waals surface area contributed by atoms with Gasteiger partial charge in [0.05, 0.1) is 27.8 Å². The molecule has 0 bridgehead atoms. The van der Waals surface area contributed by atoms with Crippen LogP contribution in [-0.2, 0) is 32.3 Å². The van der Waals surface area contributed by atoms with Gasteiger partial charge in [-0.2, -0.15) is 9.40 Å². The van der Waals surface area contributed by atoms with Crippen LogP contribution in [0, 0.1) is 6.92 Å². The molecule has 1 aromatic heterocycles. The van der Waals surface area contributed by atoms with E-state index in [0.29, 0.717) is 41.7 Å². The fourth-order valence-corrected chi connectivity index (χ4v) is 6.52. The van der Waals surface area contributed by atoms with Crippen LogP contribution >= 0.6 is 0 Å². The van der Waals surface area contributed by atoms with Crippen LogP contribution in [0.3, 0.4) is 0 Å². The number of nitrogens with one attached hydrogen (secondary N) is 1. The molecule has 0 unspecified atom stereocenters. The van der Waals surface area contributed by atoms with Gasteiger partial charge >= 0.3 is 0 Å². The number of hydrogen-bond acceptors (Lipinski definition) is 5. The number of hydrogen-bond donors (Lipinski definition) is 1. The Labute approximate surface area is 196 Å². The minimum Gasteiger partial charge on any atom is -0.306 e. The fourth-order valence-electron chi connectivity index (χ4n) is 3.80. The second-order valence-corrected chi connectivity index (χ2v) is 11.2. The van der Waals surface area contributed by atoms with Crippen molar-refractivity contribution in [1.29, 1.82) is 0 Å². The number of benzene rings is 2. The first kappa shape index (κ1) is 23.3. The maximum absolute atomic E-state index is 13.1. The van der Waals surface area contributed by atoms with Crippen LogP contribution < -0.4 is 5.32 Å². The van der Waals surface area contributed by atoms with Gasteiger partial charge in [-0.05, 0) is 43.3 Å². The van der Waals surface area contributed by atoms with E-state index in [9.17, 15) is 17.4 Å². The van der Waals surface area contributed by atoms with Crippen LogP contribution in [0.1, 0.15) is 41.0 Å². The molecule has 1 aliphatic heterocycles. The van der Waals surface area contributed by atoms with Crippen LogP contribution in [0.15, 0.2) is 53.4 Å². The number of rotatable bonds is 7. The molecule has 1 amide bonds. The van der Waals surface area contributed by atoms with Gasteiger partial charge < -0.3 is 5.32 Å². The van der Waals surface area contributed by atoms with Gasteiger partial charge in [0.15, 0.2) is 0 Å². The van der Waals surface area contributed by atoms with Gasteiger partial charge in [0, 0.05) is 35.0 Å². The highest BCUT2D eigenvalue weighted by Crippen LogP contribution is 2.31. The minimum absolute atomic E-state index is 0.142. The van der Waals surface area contributed by atoms with Crippen molar-refractivity contribution in [3.05, 3.63) is 70.9 Å². The van der Waals surface area contributed by atoms with Gasteiger partial charge in [-0.3, -0.25) is 9.00 Å². The number of aryl methyl sites for hydroxylation is 1. The third-order valence-corrected chi connectivity index (χ3v) is 8.91. The summed E-state index contributed by atoms with van der Waals surface area (Å²) in [4.78, 5) is 13.2. The van der Waals surface area contributed by atoms with Crippen molar-refractivity contribution in [2.45, 2.75) is 37.2 Å². The largest absolute Gasteiger partial charge is 0.306 e. The molecule has 1 N–H and O–H groups in total. The third-order valence-electron chi connectivity index (χ3n) is 5.64. The van der Waals surface area contributed by atoms with Gasteiger partial charge in [-0.1, -0.05) is 31.5 Å². The maximum Gasteiger partial charge on any atom is 0.256 e. The van der Waals surface area contributed by atoms with Crippen molar-refractivity contribution in [3.8, 4) is 5.69 Å². The lowest BCUT2D eigenvalue weighted by atomic mass is 10.2. The van der Waals surface area contributed by atoms with Gasteiger partial charge in [0.25, 0.3) is 5.91 Å². The Morgan fingerprint density at radius 1 is 1.06 bits per heavy atom. The van der Waals surface area contributed by atoms with Crippen molar-refractivity contribution in [2.24, 2.45) is 0 Å². The van der Waals surface area contributed by atoms with E-state index in [1.54, 1.807) is 18.5 Å². The molecule has 10 heteroatoms. The number of amides is 1. The highest BCUT2D eigenvalue weighted by Gasteiger charge is 2.29. The van der Waals surface area contributed by atoms with Crippen LogP contribution in [0.4, 0.5) is 5.82 Å². The molecule has 1 atom stereocenters. The first-order valence-electron chi connectivity index (χ1n) is 10.7. The zero-order valence-electron chi connectivity index (χ0n) is 18.7. The van der Waals surface area contributed by atoms with Crippen LogP contribution in [0.25, 0.3) is 5.69 Å². The van der Waals surface area contributed by atoms with E-state index in [0.717, 1.165) is 16.8 Å². The number of nitrogens with zero attached hydrogens (tertiary/aromatic N) is 3. The Bertz CT molecular complexity index is 1310. The average molecular weight is 487 g/mol. The van der Waals surface area contributed by atoms with E-state index < -0.39 is 26.7 Å². The summed E-state index contributed by atoms with van der Waals surface area (Å²) < 4.78 is 40.5. The molecule has 0 aliphatic carbocycles. The summed E-state index contributed by atoms with van der Waals surface area (Å²) in [6.07, 6.45) is 0. The molecule has 4 rings (SSSR count). The second kappa shape index (κ2) is 9.20. The normalized spacial score (nSPS) is 15.6. The first-order valence-corrected chi connectivity index (χ1v) is 13.6. The lowest BCUT2D eigenvalue weighted by Crippen LogP contribution is -2.30. The lowest BCUT2D eigenvalue weighted by molar-refractivity contribution is 0.102. The smallest absolute Gasteiger partial charge is 0.256 e. The van der Waals surface area contributed by atoms with Crippen molar-refractivity contribution < 1.29 is 17.4 Å². The fraction of sp³-hybridized carbons (Fsp3) is 0.304. The number of anilines is 1. The average Bonchev–Trinajstić information content (AvgIpc) is 3.31. The summed E-state index contributed by atoms with van der Waals surface area (Å²) in [7, 11) is -4.64. The first-order chi connectivity index (χ1) is 15.7. The predicted molar refractivity (Wildman–Crippen MR) is 128 cm³/mol. The van der Waals surface area contributed by atoms with Crippen LogP contribution in [0.5, 0.6) is 0 Å². The number of sulfonamides is 1. The summed E-state index contributed by atoms with van der Waals surface area (Å²) in [6.45, 7) is 6.30. The number of aromatic nitrogens is 2. The van der Waals surface area contributed by atoms with E-state index in [4.69, 9.17) is 0 Å². The number of fused-ring (bicyclic) bond motifs is 1. The second-order valence-electron chi connectivity index (χ2n) is 7.82. The number of carbonyl (C=O) groups excluding carboxylic acids is 1. The molecule has 1 aliphatic rings. The van der Waals surface area contributed by atoms with E-state index in [-0.39, 0.29) is 4.90 Å². The number of carbonyl (C=O) groups is 1. The minimum atomic E-state index is -3.60. The standard InChI is InChI=1S/C23H26N4O4S2/c1-4-26(5-2)33(30,31)19-12-8-17(9-13-19)23(28)24-22-20-14-32(29)15-21(20)25-27(22)18-10-6-16(3)7-11-18/h6-13H,4-5,14-15H2,1-3H3,(H,24,28)/t32-/m1/s1. The Hall–Kier alpha value is -2.82. The molecular weight excluding hydrogens is 460 g/mol. The monoisotopic (exact) mass is 486 g/mol. The summed E-state index contributed by atoms with van der Waals surface area (Å²) in [5, 5.41) is 7.51. The van der Waals surface area contributed by atoms with Gasteiger partial charge in [-0.15, -0.1) is 0 Å². The molecule has 8 nitrogen and oxygen atoms in total. The molecular formula is C23H26N4O4S2. The van der Waals surface area contributed by atoms with E-state index >= 15 is 0 Å². The van der Waals surface area contributed by atoms with E-state index in [1.807, 2.05) is 31.2 Å². The van der Waals surface area contributed by atoms with Gasteiger partial charge in [0.1, 0.15) is 5.82 Å². The molecule has 3 aromatic rings. The Morgan fingerprint density at radius 2 is 1.70 bits per heavy atom. The molecule has 0 spiro atoms. The van der Waals surface area contributed by atoms with E-state index in [1.165, 1.54) is 28.6 Å².